The van der Waals surface area contributed by atoms with E-state index in [-0.39, 0.29) is 25.1 Å². The molecule has 1 atom stereocenters. The largest absolute Gasteiger partial charge is 0.464 e. The van der Waals surface area contributed by atoms with E-state index in [4.69, 9.17) is 9.15 Å². The van der Waals surface area contributed by atoms with Crippen molar-refractivity contribution >= 4 is 5.91 Å². The maximum Gasteiger partial charge on any atom is 0.237 e. The molecule has 0 radical (unpaired) electrons. The molecule has 35 heavy (non-hydrogen) atoms. The molecule has 1 aromatic heterocycles. The van der Waals surface area contributed by atoms with Crippen LogP contribution in [-0.4, -0.2) is 48.1 Å². The van der Waals surface area contributed by atoms with E-state index in [1.807, 2.05) is 54.3 Å². The molecule has 1 aliphatic heterocycles. The lowest BCUT2D eigenvalue weighted by molar-refractivity contribution is -0.133. The number of rotatable bonds is 11. The molecule has 0 bridgehead atoms. The van der Waals surface area contributed by atoms with E-state index >= 15 is 0 Å². The Morgan fingerprint density at radius 2 is 1.77 bits per heavy atom. The molecular formula is C28H32F2N2O3. The van der Waals surface area contributed by atoms with E-state index in [0.717, 1.165) is 36.0 Å². The molecule has 2 heterocycles. The Hall–Kier alpha value is -3.03. The van der Waals surface area contributed by atoms with Gasteiger partial charge in [-0.25, -0.2) is 8.78 Å². The lowest BCUT2D eigenvalue weighted by Crippen LogP contribution is -2.43. The third kappa shape index (κ3) is 7.73. The van der Waals surface area contributed by atoms with Crippen molar-refractivity contribution < 1.29 is 22.7 Å². The van der Waals surface area contributed by atoms with Gasteiger partial charge in [-0.05, 0) is 61.6 Å². The van der Waals surface area contributed by atoms with E-state index in [1.54, 1.807) is 4.90 Å². The Kier molecular flexibility index (Phi) is 8.66. The monoisotopic (exact) mass is 482 g/mol. The van der Waals surface area contributed by atoms with Crippen molar-refractivity contribution in [2.75, 3.05) is 26.2 Å². The Balaban J connectivity index is 1.49. The first-order valence-corrected chi connectivity index (χ1v) is 12.1. The fourth-order valence-electron chi connectivity index (χ4n) is 4.47. The zero-order valence-corrected chi connectivity index (χ0v) is 20.1. The second kappa shape index (κ2) is 12.1. The third-order valence-electron chi connectivity index (χ3n) is 6.18. The summed E-state index contributed by atoms with van der Waals surface area (Å²) < 4.78 is 39.1. The van der Waals surface area contributed by atoms with Crippen molar-refractivity contribution in [3.05, 3.63) is 94.9 Å². The lowest BCUT2D eigenvalue weighted by Gasteiger charge is -2.29. The van der Waals surface area contributed by atoms with Gasteiger partial charge in [0.25, 0.3) is 0 Å². The van der Waals surface area contributed by atoms with Crippen LogP contribution < -0.4 is 0 Å². The maximum absolute atomic E-state index is 13.8. The number of nitrogens with zero attached hydrogens (tertiary/aromatic N) is 2. The number of carbonyl (C=O) groups is 1. The summed E-state index contributed by atoms with van der Waals surface area (Å²) in [7, 11) is 0. The highest BCUT2D eigenvalue weighted by Crippen LogP contribution is 2.18. The van der Waals surface area contributed by atoms with Gasteiger partial charge in [0.2, 0.25) is 5.91 Å². The van der Waals surface area contributed by atoms with Crippen LogP contribution in [0.25, 0.3) is 0 Å². The zero-order chi connectivity index (χ0) is 24.6. The first kappa shape index (κ1) is 25.1. The van der Waals surface area contributed by atoms with Crippen LogP contribution in [0.4, 0.5) is 8.78 Å². The fourth-order valence-corrected chi connectivity index (χ4v) is 4.47. The number of hydrogen-bond acceptors (Lipinski definition) is 4. The van der Waals surface area contributed by atoms with Crippen molar-refractivity contribution in [1.29, 1.82) is 0 Å². The van der Waals surface area contributed by atoms with Crippen molar-refractivity contribution in [3.8, 4) is 0 Å². The number of carbonyl (C=O) groups excluding carboxylic acids is 1. The number of ether oxygens (including phenoxy) is 1. The standard InChI is InChI=1S/C28H32F2N2O3/c1-21-9-10-27(35-21)19-32(12-11-22-6-3-2-4-7-22)28(33)20-31(18-26-8-5-13-34-26)17-23-14-24(29)16-25(30)15-23/h2-4,6-7,9-10,14-16,26H,5,8,11-13,17-20H2,1H3. The lowest BCUT2D eigenvalue weighted by atomic mass is 10.1. The predicted octanol–water partition coefficient (Wildman–Crippen LogP) is 5.12. The highest BCUT2D eigenvalue weighted by molar-refractivity contribution is 5.78. The Bertz CT molecular complexity index is 1080. The van der Waals surface area contributed by atoms with E-state index in [2.05, 4.69) is 0 Å². The van der Waals surface area contributed by atoms with Crippen molar-refractivity contribution in [2.45, 2.75) is 45.4 Å². The molecule has 1 saturated heterocycles. The van der Waals surface area contributed by atoms with Gasteiger partial charge >= 0.3 is 0 Å². The molecule has 4 rings (SSSR count). The summed E-state index contributed by atoms with van der Waals surface area (Å²) in [6, 6.07) is 17.3. The topological polar surface area (TPSA) is 45.9 Å². The molecule has 0 spiro atoms. The average Bonchev–Trinajstić information content (AvgIpc) is 3.48. The minimum absolute atomic E-state index is 0.00620. The fraction of sp³-hybridized carbons (Fsp3) is 0.393. The quantitative estimate of drug-likeness (QED) is 0.381. The summed E-state index contributed by atoms with van der Waals surface area (Å²) in [6.45, 7) is 4.37. The molecule has 0 saturated carbocycles. The Morgan fingerprint density at radius 1 is 1.00 bits per heavy atom. The highest BCUT2D eigenvalue weighted by atomic mass is 19.1. The molecule has 3 aromatic rings. The van der Waals surface area contributed by atoms with Gasteiger partial charge in [-0.15, -0.1) is 0 Å². The van der Waals surface area contributed by atoms with Gasteiger partial charge in [0.05, 0.1) is 19.2 Å². The van der Waals surface area contributed by atoms with Crippen LogP contribution in [0, 0.1) is 18.6 Å². The molecule has 1 unspecified atom stereocenters. The van der Waals surface area contributed by atoms with E-state index in [1.165, 1.54) is 12.1 Å². The maximum atomic E-state index is 13.8. The van der Waals surface area contributed by atoms with E-state index in [0.29, 0.717) is 38.2 Å². The number of benzene rings is 2. The minimum atomic E-state index is -0.624. The summed E-state index contributed by atoms with van der Waals surface area (Å²) in [6.07, 6.45) is 2.60. The first-order chi connectivity index (χ1) is 16.9. The number of aryl methyl sites for hydroxylation is 1. The van der Waals surface area contributed by atoms with Gasteiger partial charge in [-0.1, -0.05) is 30.3 Å². The molecule has 1 fully saturated rings. The number of halogens is 2. The molecule has 0 aliphatic carbocycles. The molecule has 7 heteroatoms. The van der Waals surface area contributed by atoms with Gasteiger partial charge in [0, 0.05) is 32.3 Å². The predicted molar refractivity (Wildman–Crippen MR) is 130 cm³/mol. The SMILES string of the molecule is Cc1ccc(CN(CCc2ccccc2)C(=O)CN(Cc2cc(F)cc(F)c2)CC2CCCO2)o1. The Labute approximate surface area is 205 Å². The molecule has 1 amide bonds. The van der Waals surface area contributed by atoms with Crippen LogP contribution in [0.5, 0.6) is 0 Å². The number of hydrogen-bond donors (Lipinski definition) is 0. The smallest absolute Gasteiger partial charge is 0.237 e. The average molecular weight is 483 g/mol. The third-order valence-corrected chi connectivity index (χ3v) is 6.18. The molecule has 0 N–H and O–H groups in total. The van der Waals surface area contributed by atoms with Gasteiger partial charge in [-0.3, -0.25) is 9.69 Å². The van der Waals surface area contributed by atoms with Crippen LogP contribution in [0.15, 0.2) is 65.1 Å². The highest BCUT2D eigenvalue weighted by Gasteiger charge is 2.24. The van der Waals surface area contributed by atoms with Crippen molar-refractivity contribution in [1.82, 2.24) is 9.80 Å². The molecule has 1 aliphatic rings. The van der Waals surface area contributed by atoms with Crippen LogP contribution in [0.1, 0.15) is 35.5 Å². The summed E-state index contributed by atoms with van der Waals surface area (Å²) in [5, 5.41) is 0. The van der Waals surface area contributed by atoms with Gasteiger partial charge in [-0.2, -0.15) is 0 Å². The second-order valence-electron chi connectivity index (χ2n) is 9.15. The zero-order valence-electron chi connectivity index (χ0n) is 20.1. The molecule has 186 valence electrons. The van der Waals surface area contributed by atoms with Crippen molar-refractivity contribution in [2.24, 2.45) is 0 Å². The molecular weight excluding hydrogens is 450 g/mol. The normalized spacial score (nSPS) is 15.6. The summed E-state index contributed by atoms with van der Waals surface area (Å²) in [5.41, 5.74) is 1.64. The van der Waals surface area contributed by atoms with E-state index in [9.17, 15) is 13.6 Å². The van der Waals surface area contributed by atoms with Crippen LogP contribution in [-0.2, 0) is 29.0 Å². The van der Waals surface area contributed by atoms with Gasteiger partial charge in [0.15, 0.2) is 0 Å². The summed E-state index contributed by atoms with van der Waals surface area (Å²) in [4.78, 5) is 17.3. The van der Waals surface area contributed by atoms with Crippen LogP contribution in [0.2, 0.25) is 0 Å². The van der Waals surface area contributed by atoms with Gasteiger partial charge in [0.1, 0.15) is 23.2 Å². The van der Waals surface area contributed by atoms with Crippen LogP contribution in [0.3, 0.4) is 0 Å². The Morgan fingerprint density at radius 3 is 2.43 bits per heavy atom. The first-order valence-electron chi connectivity index (χ1n) is 12.1. The van der Waals surface area contributed by atoms with Crippen molar-refractivity contribution in [3.63, 3.8) is 0 Å². The molecule has 5 nitrogen and oxygen atoms in total. The molecule has 2 aromatic carbocycles. The number of furan rings is 1. The van der Waals surface area contributed by atoms with E-state index < -0.39 is 11.6 Å². The minimum Gasteiger partial charge on any atom is -0.464 e. The number of amides is 1. The van der Waals surface area contributed by atoms with Gasteiger partial charge < -0.3 is 14.1 Å². The van der Waals surface area contributed by atoms with Crippen LogP contribution >= 0.6 is 0 Å². The second-order valence-corrected chi connectivity index (χ2v) is 9.15. The summed E-state index contributed by atoms with van der Waals surface area (Å²) in [5.74, 6) is 0.206. The summed E-state index contributed by atoms with van der Waals surface area (Å²) >= 11 is 0.